The summed E-state index contributed by atoms with van der Waals surface area (Å²) in [5.41, 5.74) is 3.43. The number of aromatic amines is 1. The number of ether oxygens (including phenoxy) is 2. The SMILES string of the molecule is Cc1nc(-c2c[nH]c(C(=O)NCCc3ccc4c(c3)OCO4)c2)cs1. The first kappa shape index (κ1) is 15.7. The Balaban J connectivity index is 1.34. The lowest BCUT2D eigenvalue weighted by molar-refractivity contribution is 0.0950. The van der Waals surface area contributed by atoms with Gasteiger partial charge in [0.15, 0.2) is 11.5 Å². The smallest absolute Gasteiger partial charge is 0.267 e. The van der Waals surface area contributed by atoms with Gasteiger partial charge in [0.2, 0.25) is 6.79 Å². The zero-order valence-electron chi connectivity index (χ0n) is 13.7. The number of aromatic nitrogens is 2. The van der Waals surface area contributed by atoms with Crippen molar-refractivity contribution in [3.8, 4) is 22.8 Å². The van der Waals surface area contributed by atoms with Crippen LogP contribution in [0, 0.1) is 6.92 Å². The number of hydrogen-bond acceptors (Lipinski definition) is 5. The number of nitrogens with one attached hydrogen (secondary N) is 2. The van der Waals surface area contributed by atoms with E-state index in [0.29, 0.717) is 12.2 Å². The van der Waals surface area contributed by atoms with Gasteiger partial charge in [-0.25, -0.2) is 4.98 Å². The zero-order chi connectivity index (χ0) is 17.2. The number of hydrogen-bond donors (Lipinski definition) is 2. The van der Waals surface area contributed by atoms with Gasteiger partial charge in [-0.15, -0.1) is 11.3 Å². The maximum Gasteiger partial charge on any atom is 0.267 e. The molecule has 0 saturated heterocycles. The van der Waals surface area contributed by atoms with Crippen LogP contribution in [-0.2, 0) is 6.42 Å². The van der Waals surface area contributed by atoms with Crippen molar-refractivity contribution in [3.05, 3.63) is 52.1 Å². The van der Waals surface area contributed by atoms with Crippen LogP contribution in [0.1, 0.15) is 21.1 Å². The fourth-order valence-corrected chi connectivity index (χ4v) is 3.30. The standard InChI is InChI=1S/C18H17N3O3S/c1-11-21-15(9-25-11)13-7-14(20-8-13)18(22)19-5-4-12-2-3-16-17(6-12)24-10-23-16/h2-3,6-9,20H,4-5,10H2,1H3,(H,19,22). The molecule has 3 heterocycles. The van der Waals surface area contributed by atoms with Crippen molar-refractivity contribution in [2.75, 3.05) is 13.3 Å². The fraction of sp³-hybridized carbons (Fsp3) is 0.222. The molecule has 0 aliphatic carbocycles. The Labute approximate surface area is 148 Å². The van der Waals surface area contributed by atoms with Crippen molar-refractivity contribution in [2.45, 2.75) is 13.3 Å². The third-order valence-electron chi connectivity index (χ3n) is 3.98. The molecular weight excluding hydrogens is 338 g/mol. The van der Waals surface area contributed by atoms with Gasteiger partial charge in [0.25, 0.3) is 5.91 Å². The Morgan fingerprint density at radius 1 is 1.32 bits per heavy atom. The van der Waals surface area contributed by atoms with Gasteiger partial charge in [-0.05, 0) is 37.1 Å². The quantitative estimate of drug-likeness (QED) is 0.737. The molecule has 4 rings (SSSR count). The molecule has 0 fully saturated rings. The first-order chi connectivity index (χ1) is 12.2. The van der Waals surface area contributed by atoms with E-state index in [0.717, 1.165) is 39.7 Å². The Bertz CT molecular complexity index is 916. The van der Waals surface area contributed by atoms with Crippen LogP contribution < -0.4 is 14.8 Å². The van der Waals surface area contributed by atoms with Crippen LogP contribution >= 0.6 is 11.3 Å². The van der Waals surface area contributed by atoms with Crippen LogP contribution in [0.3, 0.4) is 0 Å². The topological polar surface area (TPSA) is 76.2 Å². The molecule has 2 aromatic heterocycles. The minimum Gasteiger partial charge on any atom is -0.454 e. The van der Waals surface area contributed by atoms with Crippen LogP contribution in [0.4, 0.5) is 0 Å². The Kier molecular flexibility index (Phi) is 4.15. The van der Waals surface area contributed by atoms with E-state index in [2.05, 4.69) is 15.3 Å². The van der Waals surface area contributed by atoms with Crippen molar-refractivity contribution >= 4 is 17.2 Å². The molecule has 6 nitrogen and oxygen atoms in total. The summed E-state index contributed by atoms with van der Waals surface area (Å²) in [7, 11) is 0. The maximum absolute atomic E-state index is 12.3. The van der Waals surface area contributed by atoms with E-state index in [4.69, 9.17) is 9.47 Å². The highest BCUT2D eigenvalue weighted by atomic mass is 32.1. The summed E-state index contributed by atoms with van der Waals surface area (Å²) in [4.78, 5) is 19.7. The number of fused-ring (bicyclic) bond motifs is 1. The molecule has 1 aliphatic rings. The van der Waals surface area contributed by atoms with Crippen molar-refractivity contribution < 1.29 is 14.3 Å². The molecular formula is C18H17N3O3S. The van der Waals surface area contributed by atoms with Gasteiger partial charge < -0.3 is 19.8 Å². The Hall–Kier alpha value is -2.80. The van der Waals surface area contributed by atoms with Crippen LogP contribution in [-0.4, -0.2) is 29.2 Å². The molecule has 1 aliphatic heterocycles. The summed E-state index contributed by atoms with van der Waals surface area (Å²) in [6, 6.07) is 7.65. The first-order valence-electron chi connectivity index (χ1n) is 7.97. The number of benzene rings is 1. The summed E-state index contributed by atoms with van der Waals surface area (Å²) < 4.78 is 10.7. The summed E-state index contributed by atoms with van der Waals surface area (Å²) in [5.74, 6) is 1.40. The zero-order valence-corrected chi connectivity index (χ0v) is 14.5. The van der Waals surface area contributed by atoms with E-state index in [1.165, 1.54) is 0 Å². The number of thiazole rings is 1. The number of nitrogens with zero attached hydrogens (tertiary/aromatic N) is 1. The lowest BCUT2D eigenvalue weighted by atomic mass is 10.1. The second kappa shape index (κ2) is 6.60. The Morgan fingerprint density at radius 2 is 2.20 bits per heavy atom. The van der Waals surface area contributed by atoms with E-state index >= 15 is 0 Å². The molecule has 1 aromatic carbocycles. The van der Waals surface area contributed by atoms with E-state index in [-0.39, 0.29) is 12.7 Å². The van der Waals surface area contributed by atoms with Gasteiger partial charge in [-0.3, -0.25) is 4.79 Å². The van der Waals surface area contributed by atoms with E-state index < -0.39 is 0 Å². The number of amides is 1. The average molecular weight is 355 g/mol. The predicted octanol–water partition coefficient (Wildman–Crippen LogP) is 3.15. The van der Waals surface area contributed by atoms with Gasteiger partial charge in [0.1, 0.15) is 5.69 Å². The molecule has 2 N–H and O–H groups in total. The highest BCUT2D eigenvalue weighted by Gasteiger charge is 2.14. The molecule has 128 valence electrons. The number of H-pyrrole nitrogens is 1. The Morgan fingerprint density at radius 3 is 3.04 bits per heavy atom. The van der Waals surface area contributed by atoms with Crippen LogP contribution in [0.2, 0.25) is 0 Å². The fourth-order valence-electron chi connectivity index (χ4n) is 2.68. The normalized spacial score (nSPS) is 12.4. The molecule has 0 radical (unpaired) electrons. The van der Waals surface area contributed by atoms with Crippen molar-refractivity contribution in [2.24, 2.45) is 0 Å². The molecule has 1 amide bonds. The lowest BCUT2D eigenvalue weighted by Crippen LogP contribution is -2.25. The van der Waals surface area contributed by atoms with Crippen LogP contribution in [0.15, 0.2) is 35.8 Å². The average Bonchev–Trinajstić information content (AvgIpc) is 3.34. The summed E-state index contributed by atoms with van der Waals surface area (Å²) >= 11 is 1.59. The molecule has 7 heteroatoms. The third-order valence-corrected chi connectivity index (χ3v) is 4.75. The number of aryl methyl sites for hydroxylation is 1. The summed E-state index contributed by atoms with van der Waals surface area (Å²) in [5, 5.41) is 5.92. The van der Waals surface area contributed by atoms with Crippen molar-refractivity contribution in [3.63, 3.8) is 0 Å². The van der Waals surface area contributed by atoms with Crippen molar-refractivity contribution in [1.29, 1.82) is 0 Å². The maximum atomic E-state index is 12.3. The van der Waals surface area contributed by atoms with Gasteiger partial charge in [-0.1, -0.05) is 6.07 Å². The molecule has 0 unspecified atom stereocenters. The molecule has 0 spiro atoms. The second-order valence-electron chi connectivity index (χ2n) is 5.75. The number of rotatable bonds is 5. The van der Waals surface area contributed by atoms with Gasteiger partial charge in [0.05, 0.1) is 10.7 Å². The molecule has 0 atom stereocenters. The third kappa shape index (κ3) is 3.36. The highest BCUT2D eigenvalue weighted by molar-refractivity contribution is 7.09. The van der Waals surface area contributed by atoms with E-state index in [1.54, 1.807) is 17.5 Å². The van der Waals surface area contributed by atoms with Gasteiger partial charge >= 0.3 is 0 Å². The number of carbonyl (C=O) groups is 1. The molecule has 0 bridgehead atoms. The first-order valence-corrected chi connectivity index (χ1v) is 8.84. The van der Waals surface area contributed by atoms with E-state index in [1.807, 2.05) is 36.6 Å². The molecule has 25 heavy (non-hydrogen) atoms. The predicted molar refractivity (Wildman–Crippen MR) is 95.2 cm³/mol. The van der Waals surface area contributed by atoms with Crippen LogP contribution in [0.5, 0.6) is 11.5 Å². The lowest BCUT2D eigenvalue weighted by Gasteiger charge is -2.05. The van der Waals surface area contributed by atoms with Gasteiger partial charge in [-0.2, -0.15) is 0 Å². The molecule has 0 saturated carbocycles. The van der Waals surface area contributed by atoms with Gasteiger partial charge in [0, 0.05) is 23.7 Å². The largest absolute Gasteiger partial charge is 0.454 e. The van der Waals surface area contributed by atoms with Crippen LogP contribution in [0.25, 0.3) is 11.3 Å². The monoisotopic (exact) mass is 355 g/mol. The number of carbonyl (C=O) groups excluding carboxylic acids is 1. The summed E-state index contributed by atoms with van der Waals surface area (Å²) in [6.45, 7) is 2.77. The highest BCUT2D eigenvalue weighted by Crippen LogP contribution is 2.32. The van der Waals surface area contributed by atoms with Crippen molar-refractivity contribution in [1.82, 2.24) is 15.3 Å². The summed E-state index contributed by atoms with van der Waals surface area (Å²) in [6.07, 6.45) is 2.53. The second-order valence-corrected chi connectivity index (χ2v) is 6.81. The van der Waals surface area contributed by atoms with E-state index in [9.17, 15) is 4.79 Å². The minimum absolute atomic E-state index is 0.126. The molecule has 3 aromatic rings. The minimum atomic E-state index is -0.126.